The quantitative estimate of drug-likeness (QED) is 0.136. The number of phosphoric ester groups is 1. The van der Waals surface area contributed by atoms with Gasteiger partial charge in [0.2, 0.25) is 5.91 Å². The fourth-order valence-corrected chi connectivity index (χ4v) is 5.85. The number of carbonyl (C=O) groups is 1. The molecule has 1 saturated heterocycles. The summed E-state index contributed by atoms with van der Waals surface area (Å²) in [5, 5.41) is 21.6. The third-order valence-corrected chi connectivity index (χ3v) is 7.83. The normalized spacial score (nSPS) is 30.8. The van der Waals surface area contributed by atoms with Crippen LogP contribution in [0, 0.1) is 0 Å². The first kappa shape index (κ1) is 27.9. The van der Waals surface area contributed by atoms with Gasteiger partial charge in [-0.1, -0.05) is 0 Å². The van der Waals surface area contributed by atoms with Crippen molar-refractivity contribution in [3.05, 3.63) is 0 Å². The number of aliphatic hydroxyl groups excluding tert-OH is 2. The van der Waals surface area contributed by atoms with Crippen LogP contribution in [0.3, 0.4) is 0 Å². The van der Waals surface area contributed by atoms with Crippen molar-refractivity contribution in [3.8, 4) is 0 Å². The standard InChI is InChI=1S/C8H19NO17P4/c1-4(10)9-3-27(13,14)24-8-7(12)6(11)5(23-8)2-22-29(18,19)26-30(20,21)25-28(15,16)17/h5-8,11-12H,2-3H2,1H3,(H,9,10)(H,13,14)(H,18,19)(H,20,21)(H2,15,16,17)/t5-,6-,7-,8-/m1/s1. The van der Waals surface area contributed by atoms with E-state index in [1.54, 1.807) is 0 Å². The monoisotopic (exact) mass is 525 g/mol. The zero-order chi connectivity index (χ0) is 23.5. The predicted molar refractivity (Wildman–Crippen MR) is 90.1 cm³/mol. The summed E-state index contributed by atoms with van der Waals surface area (Å²) in [5.41, 5.74) is 0. The molecule has 0 saturated carbocycles. The van der Waals surface area contributed by atoms with Gasteiger partial charge >= 0.3 is 31.1 Å². The average molecular weight is 525 g/mol. The molecule has 0 aromatic rings. The number of hydrogen-bond donors (Lipinski definition) is 8. The Kier molecular flexibility index (Phi) is 9.53. The summed E-state index contributed by atoms with van der Waals surface area (Å²) in [6.45, 7) is -0.0906. The number of phosphoric acid groups is 3. The molecule has 0 aromatic carbocycles. The molecule has 0 radical (unpaired) electrons. The number of carbonyl (C=O) groups excluding carboxylic acids is 1. The van der Waals surface area contributed by atoms with E-state index in [4.69, 9.17) is 19.4 Å². The molecule has 1 aliphatic rings. The lowest BCUT2D eigenvalue weighted by Crippen LogP contribution is -2.35. The summed E-state index contributed by atoms with van der Waals surface area (Å²) >= 11 is 0. The molecule has 8 N–H and O–H groups in total. The first-order chi connectivity index (χ1) is 13.3. The van der Waals surface area contributed by atoms with E-state index in [1.165, 1.54) is 0 Å². The van der Waals surface area contributed by atoms with Gasteiger partial charge in [0.25, 0.3) is 0 Å². The van der Waals surface area contributed by atoms with Gasteiger partial charge in [-0.25, -0.2) is 13.7 Å². The van der Waals surface area contributed by atoms with Crippen LogP contribution in [-0.4, -0.2) is 78.1 Å². The average Bonchev–Trinajstić information content (AvgIpc) is 2.75. The molecule has 7 atom stereocenters. The summed E-state index contributed by atoms with van der Waals surface area (Å²) in [4.78, 5) is 55.5. The molecule has 0 bridgehead atoms. The van der Waals surface area contributed by atoms with E-state index in [-0.39, 0.29) is 0 Å². The highest BCUT2D eigenvalue weighted by Gasteiger charge is 2.48. The van der Waals surface area contributed by atoms with E-state index in [2.05, 4.69) is 17.7 Å². The highest BCUT2D eigenvalue weighted by Crippen LogP contribution is 2.66. The number of rotatable bonds is 11. The second-order valence-corrected chi connectivity index (χ2v) is 11.8. The fourth-order valence-electron chi connectivity index (χ4n) is 1.82. The minimum atomic E-state index is -5.76. The molecule has 1 aliphatic heterocycles. The largest absolute Gasteiger partial charge is 0.490 e. The molecule has 0 aromatic heterocycles. The zero-order valence-corrected chi connectivity index (χ0v) is 18.3. The Balaban J connectivity index is 2.68. The van der Waals surface area contributed by atoms with Gasteiger partial charge in [0.05, 0.1) is 6.61 Å². The number of amides is 1. The molecular formula is C8H19NO17P4. The van der Waals surface area contributed by atoms with Crippen molar-refractivity contribution in [2.75, 3.05) is 12.9 Å². The Morgan fingerprint density at radius 3 is 2.03 bits per heavy atom. The van der Waals surface area contributed by atoms with Crippen molar-refractivity contribution in [1.82, 2.24) is 5.32 Å². The Morgan fingerprint density at radius 1 is 0.967 bits per heavy atom. The van der Waals surface area contributed by atoms with Crippen LogP contribution in [0.5, 0.6) is 0 Å². The van der Waals surface area contributed by atoms with Gasteiger partial charge in [-0.05, 0) is 0 Å². The maximum atomic E-state index is 11.8. The van der Waals surface area contributed by atoms with Gasteiger partial charge in [0, 0.05) is 6.92 Å². The SMILES string of the molecule is CC(=O)NCP(=O)(O)O[C@H]1O[C@H](COP(=O)(O)OP(=O)(O)OP(=O)(O)O)[C@@H](O)[C@H]1O. The van der Waals surface area contributed by atoms with Crippen molar-refractivity contribution < 1.29 is 80.1 Å². The summed E-state index contributed by atoms with van der Waals surface area (Å²) in [6.07, 6.45) is -8.38. The van der Waals surface area contributed by atoms with E-state index < -0.39 is 74.5 Å². The lowest BCUT2D eigenvalue weighted by atomic mass is 10.1. The maximum absolute atomic E-state index is 11.8. The Bertz CT molecular complexity index is 810. The first-order valence-electron chi connectivity index (χ1n) is 7.37. The third kappa shape index (κ3) is 10.0. The molecule has 0 aliphatic carbocycles. The summed E-state index contributed by atoms with van der Waals surface area (Å²) < 4.78 is 65.7. The number of aliphatic hydroxyl groups is 2. The van der Waals surface area contributed by atoms with Gasteiger partial charge in [0.15, 0.2) is 6.29 Å². The molecule has 30 heavy (non-hydrogen) atoms. The lowest BCUT2D eigenvalue weighted by molar-refractivity contribution is -0.122. The van der Waals surface area contributed by atoms with Gasteiger partial charge in [0.1, 0.15) is 24.6 Å². The molecule has 18 nitrogen and oxygen atoms in total. The predicted octanol–water partition coefficient (Wildman–Crippen LogP) is -1.93. The number of ether oxygens (including phenoxy) is 1. The number of nitrogens with one attached hydrogen (secondary N) is 1. The molecule has 1 rings (SSSR count). The van der Waals surface area contributed by atoms with Gasteiger partial charge < -0.3 is 44.7 Å². The van der Waals surface area contributed by atoms with Crippen molar-refractivity contribution in [2.45, 2.75) is 31.5 Å². The Hall–Kier alpha value is -0.0900. The van der Waals surface area contributed by atoms with Gasteiger partial charge in [-0.3, -0.25) is 18.4 Å². The molecule has 22 heteroatoms. The van der Waals surface area contributed by atoms with Crippen LogP contribution >= 0.6 is 31.1 Å². The second-order valence-electron chi connectivity index (χ2n) is 5.54. The molecule has 1 heterocycles. The third-order valence-electron chi connectivity index (χ3n) is 2.93. The smallest absolute Gasteiger partial charge is 0.387 e. The van der Waals surface area contributed by atoms with Crippen LogP contribution in [0.25, 0.3) is 0 Å². The molecule has 1 fully saturated rings. The molecule has 0 spiro atoms. The van der Waals surface area contributed by atoms with Gasteiger partial charge in [-0.15, -0.1) is 0 Å². The zero-order valence-electron chi connectivity index (χ0n) is 14.7. The van der Waals surface area contributed by atoms with Crippen LogP contribution < -0.4 is 5.32 Å². The first-order valence-corrected chi connectivity index (χ1v) is 13.7. The maximum Gasteiger partial charge on any atom is 0.490 e. The van der Waals surface area contributed by atoms with Crippen molar-refractivity contribution >= 4 is 37.0 Å². The highest BCUT2D eigenvalue weighted by molar-refractivity contribution is 7.66. The van der Waals surface area contributed by atoms with Crippen LogP contribution in [0.2, 0.25) is 0 Å². The van der Waals surface area contributed by atoms with Crippen molar-refractivity contribution in [1.29, 1.82) is 0 Å². The minimum absolute atomic E-state index is 0.672. The van der Waals surface area contributed by atoms with E-state index in [0.29, 0.717) is 0 Å². The Labute approximate surface area is 167 Å². The van der Waals surface area contributed by atoms with Crippen LogP contribution in [0.4, 0.5) is 0 Å². The summed E-state index contributed by atoms with van der Waals surface area (Å²) in [7, 11) is -21.4. The Morgan fingerprint density at radius 2 is 1.53 bits per heavy atom. The van der Waals surface area contributed by atoms with E-state index in [9.17, 15) is 43.1 Å². The van der Waals surface area contributed by atoms with E-state index in [1.807, 2.05) is 5.32 Å². The van der Waals surface area contributed by atoms with Crippen molar-refractivity contribution in [2.24, 2.45) is 0 Å². The highest BCUT2D eigenvalue weighted by atomic mass is 31.3. The van der Waals surface area contributed by atoms with Crippen LogP contribution in [0.1, 0.15) is 6.92 Å². The van der Waals surface area contributed by atoms with Crippen LogP contribution in [0.15, 0.2) is 0 Å². The molecule has 1 amide bonds. The molecule has 178 valence electrons. The second kappa shape index (κ2) is 10.2. The van der Waals surface area contributed by atoms with Gasteiger partial charge in [-0.2, -0.15) is 8.62 Å². The topological polar surface area (TPSA) is 285 Å². The summed E-state index contributed by atoms with van der Waals surface area (Å²) in [6, 6.07) is 0. The minimum Gasteiger partial charge on any atom is -0.387 e. The van der Waals surface area contributed by atoms with Crippen LogP contribution in [-0.2, 0) is 45.5 Å². The van der Waals surface area contributed by atoms with E-state index in [0.717, 1.165) is 6.92 Å². The summed E-state index contributed by atoms with van der Waals surface area (Å²) in [5.74, 6) is -0.672. The van der Waals surface area contributed by atoms with E-state index >= 15 is 0 Å². The molecule has 3 unspecified atom stereocenters. The fraction of sp³-hybridized carbons (Fsp3) is 0.875. The molecular weight excluding hydrogens is 506 g/mol. The van der Waals surface area contributed by atoms with Crippen molar-refractivity contribution in [3.63, 3.8) is 0 Å². The lowest BCUT2D eigenvalue weighted by Gasteiger charge is -2.20. The number of hydrogen-bond acceptors (Lipinski definition) is 12.